The molecule has 1 N–H and O–H groups in total. The van der Waals surface area contributed by atoms with E-state index in [1.807, 2.05) is 51.5 Å². The van der Waals surface area contributed by atoms with Gasteiger partial charge in [-0.2, -0.15) is 0 Å². The SMILES string of the molecule is C[C@@H](CCCC(C)(C)O)n1ccnc1-c1nc2ccccc2n1C. The Balaban J connectivity index is 1.85. The summed E-state index contributed by atoms with van der Waals surface area (Å²) >= 11 is 0. The second-order valence-corrected chi connectivity index (χ2v) is 7.19. The largest absolute Gasteiger partial charge is 0.390 e. The van der Waals surface area contributed by atoms with Crippen LogP contribution in [0.25, 0.3) is 22.7 Å². The molecule has 0 saturated carbocycles. The smallest absolute Gasteiger partial charge is 0.177 e. The summed E-state index contributed by atoms with van der Waals surface area (Å²) in [4.78, 5) is 9.31. The molecule has 2 aromatic heterocycles. The molecule has 0 aliphatic heterocycles. The van der Waals surface area contributed by atoms with Crippen LogP contribution in [0.3, 0.4) is 0 Å². The van der Waals surface area contributed by atoms with Crippen molar-refractivity contribution in [2.24, 2.45) is 7.05 Å². The molecule has 1 aromatic carbocycles. The van der Waals surface area contributed by atoms with Gasteiger partial charge in [-0.15, -0.1) is 0 Å². The molecule has 3 aromatic rings. The zero-order valence-corrected chi connectivity index (χ0v) is 14.9. The third-order valence-corrected chi connectivity index (χ3v) is 4.54. The summed E-state index contributed by atoms with van der Waals surface area (Å²) in [6.45, 7) is 5.91. The number of aromatic nitrogens is 4. The van der Waals surface area contributed by atoms with Gasteiger partial charge in [-0.3, -0.25) is 0 Å². The standard InChI is InChI=1S/C19H26N4O/c1-14(8-7-11-19(2,3)24)23-13-12-20-17(23)18-21-15-9-5-6-10-16(15)22(18)4/h5-6,9-10,12-14,24H,7-8,11H2,1-4H3/t14-/m0/s1. The molecule has 0 unspecified atom stereocenters. The third-order valence-electron chi connectivity index (χ3n) is 4.54. The van der Waals surface area contributed by atoms with E-state index in [2.05, 4.69) is 27.1 Å². The molecule has 2 heterocycles. The second kappa shape index (κ2) is 6.40. The van der Waals surface area contributed by atoms with E-state index >= 15 is 0 Å². The van der Waals surface area contributed by atoms with Gasteiger partial charge in [0.15, 0.2) is 11.6 Å². The predicted octanol–water partition coefficient (Wildman–Crippen LogP) is 3.94. The molecule has 0 spiro atoms. The maximum atomic E-state index is 9.88. The Morgan fingerprint density at radius 1 is 1.21 bits per heavy atom. The van der Waals surface area contributed by atoms with Gasteiger partial charge in [-0.1, -0.05) is 12.1 Å². The number of hydrogen-bond acceptors (Lipinski definition) is 3. The van der Waals surface area contributed by atoms with Crippen molar-refractivity contribution in [2.45, 2.75) is 51.7 Å². The topological polar surface area (TPSA) is 55.9 Å². The highest BCUT2D eigenvalue weighted by Crippen LogP contribution is 2.27. The number of aryl methyl sites for hydroxylation is 1. The molecule has 0 fully saturated rings. The van der Waals surface area contributed by atoms with Crippen LogP contribution in [-0.4, -0.2) is 29.8 Å². The lowest BCUT2D eigenvalue weighted by Gasteiger charge is -2.20. The fourth-order valence-electron chi connectivity index (χ4n) is 3.16. The molecule has 5 heteroatoms. The highest BCUT2D eigenvalue weighted by atomic mass is 16.3. The number of aliphatic hydroxyl groups is 1. The van der Waals surface area contributed by atoms with Crippen molar-refractivity contribution in [3.05, 3.63) is 36.7 Å². The maximum absolute atomic E-state index is 9.88. The lowest BCUT2D eigenvalue weighted by atomic mass is 10.00. The van der Waals surface area contributed by atoms with Crippen molar-refractivity contribution in [1.29, 1.82) is 0 Å². The molecule has 0 radical (unpaired) electrons. The molecular weight excluding hydrogens is 300 g/mol. The average molecular weight is 326 g/mol. The van der Waals surface area contributed by atoms with Crippen LogP contribution in [0.1, 0.15) is 46.1 Å². The minimum absolute atomic E-state index is 0.310. The summed E-state index contributed by atoms with van der Waals surface area (Å²) in [5.41, 5.74) is 1.49. The number of imidazole rings is 2. The molecule has 128 valence electrons. The summed E-state index contributed by atoms with van der Waals surface area (Å²) in [6.07, 6.45) is 6.63. The lowest BCUT2D eigenvalue weighted by Crippen LogP contribution is -2.18. The van der Waals surface area contributed by atoms with Crippen molar-refractivity contribution in [2.75, 3.05) is 0 Å². The van der Waals surface area contributed by atoms with Crippen LogP contribution in [0, 0.1) is 0 Å². The van der Waals surface area contributed by atoms with E-state index in [4.69, 9.17) is 4.98 Å². The van der Waals surface area contributed by atoms with Gasteiger partial charge in [-0.25, -0.2) is 9.97 Å². The van der Waals surface area contributed by atoms with Crippen molar-refractivity contribution in [3.63, 3.8) is 0 Å². The Hall–Kier alpha value is -2.14. The fraction of sp³-hybridized carbons (Fsp3) is 0.474. The first-order valence-corrected chi connectivity index (χ1v) is 8.54. The van der Waals surface area contributed by atoms with Crippen molar-refractivity contribution < 1.29 is 5.11 Å². The quantitative estimate of drug-likeness (QED) is 0.746. The van der Waals surface area contributed by atoms with E-state index in [1.165, 1.54) is 0 Å². The van der Waals surface area contributed by atoms with Crippen LogP contribution in [-0.2, 0) is 7.05 Å². The number of nitrogens with zero attached hydrogens (tertiary/aromatic N) is 4. The third kappa shape index (κ3) is 3.36. The molecular formula is C19H26N4O. The van der Waals surface area contributed by atoms with Crippen LogP contribution >= 0.6 is 0 Å². The van der Waals surface area contributed by atoms with Gasteiger partial charge in [0.2, 0.25) is 0 Å². The summed E-state index contributed by atoms with van der Waals surface area (Å²) in [5.74, 6) is 1.78. The van der Waals surface area contributed by atoms with E-state index in [0.29, 0.717) is 6.04 Å². The van der Waals surface area contributed by atoms with Crippen LogP contribution in [0.15, 0.2) is 36.7 Å². The first kappa shape index (κ1) is 16.7. The van der Waals surface area contributed by atoms with E-state index in [1.54, 1.807) is 0 Å². The highest BCUT2D eigenvalue weighted by molar-refractivity contribution is 5.79. The number of benzene rings is 1. The average Bonchev–Trinajstić information content (AvgIpc) is 3.11. The Morgan fingerprint density at radius 3 is 2.67 bits per heavy atom. The Morgan fingerprint density at radius 2 is 1.96 bits per heavy atom. The minimum Gasteiger partial charge on any atom is -0.390 e. The van der Waals surface area contributed by atoms with E-state index in [0.717, 1.165) is 41.9 Å². The monoisotopic (exact) mass is 326 g/mol. The maximum Gasteiger partial charge on any atom is 0.177 e. The van der Waals surface area contributed by atoms with Gasteiger partial charge < -0.3 is 14.2 Å². The van der Waals surface area contributed by atoms with Gasteiger partial charge in [0.1, 0.15) is 0 Å². The van der Waals surface area contributed by atoms with E-state index in [-0.39, 0.29) is 0 Å². The van der Waals surface area contributed by atoms with Gasteiger partial charge in [-0.05, 0) is 52.2 Å². The van der Waals surface area contributed by atoms with E-state index in [9.17, 15) is 5.11 Å². The first-order chi connectivity index (χ1) is 11.4. The molecule has 0 aliphatic rings. The number of hydrogen-bond donors (Lipinski definition) is 1. The Kier molecular flexibility index (Phi) is 4.45. The van der Waals surface area contributed by atoms with Crippen molar-refractivity contribution in [3.8, 4) is 11.6 Å². The fourth-order valence-corrected chi connectivity index (χ4v) is 3.16. The molecule has 0 saturated heterocycles. The van der Waals surface area contributed by atoms with Crippen LogP contribution < -0.4 is 0 Å². The van der Waals surface area contributed by atoms with Gasteiger partial charge in [0.05, 0.1) is 16.6 Å². The molecule has 1 atom stereocenters. The van der Waals surface area contributed by atoms with Crippen molar-refractivity contribution in [1.82, 2.24) is 19.1 Å². The lowest BCUT2D eigenvalue weighted by molar-refractivity contribution is 0.0672. The highest BCUT2D eigenvalue weighted by Gasteiger charge is 2.18. The zero-order valence-electron chi connectivity index (χ0n) is 14.9. The van der Waals surface area contributed by atoms with Gasteiger partial charge in [0.25, 0.3) is 0 Å². The van der Waals surface area contributed by atoms with E-state index < -0.39 is 5.60 Å². The molecule has 0 bridgehead atoms. The molecule has 3 rings (SSSR count). The van der Waals surface area contributed by atoms with Gasteiger partial charge in [0, 0.05) is 25.5 Å². The minimum atomic E-state index is -0.602. The number of para-hydroxylation sites is 2. The van der Waals surface area contributed by atoms with Crippen LogP contribution in [0.5, 0.6) is 0 Å². The number of rotatable bonds is 6. The summed E-state index contributed by atoms with van der Waals surface area (Å²) < 4.78 is 4.28. The molecule has 5 nitrogen and oxygen atoms in total. The second-order valence-electron chi connectivity index (χ2n) is 7.19. The predicted molar refractivity (Wildman–Crippen MR) is 96.8 cm³/mol. The zero-order chi connectivity index (χ0) is 17.3. The Labute approximate surface area is 143 Å². The molecule has 0 aliphatic carbocycles. The van der Waals surface area contributed by atoms with Crippen LogP contribution in [0.4, 0.5) is 0 Å². The van der Waals surface area contributed by atoms with Crippen molar-refractivity contribution >= 4 is 11.0 Å². The Bertz CT molecular complexity index is 825. The van der Waals surface area contributed by atoms with Crippen LogP contribution in [0.2, 0.25) is 0 Å². The first-order valence-electron chi connectivity index (χ1n) is 8.54. The number of fused-ring (bicyclic) bond motifs is 1. The van der Waals surface area contributed by atoms with Gasteiger partial charge >= 0.3 is 0 Å². The molecule has 24 heavy (non-hydrogen) atoms. The molecule has 0 amide bonds. The summed E-state index contributed by atoms with van der Waals surface area (Å²) in [6, 6.07) is 8.44. The summed E-state index contributed by atoms with van der Waals surface area (Å²) in [7, 11) is 2.03. The normalized spacial score (nSPS) is 13.5. The summed E-state index contributed by atoms with van der Waals surface area (Å²) in [5, 5.41) is 9.88.